The molecule has 0 bridgehead atoms. The second-order valence-electron chi connectivity index (χ2n) is 5.84. The molecule has 27 heavy (non-hydrogen) atoms. The summed E-state index contributed by atoms with van der Waals surface area (Å²) in [4.78, 5) is 29.9. The highest BCUT2D eigenvalue weighted by Gasteiger charge is 2.15. The van der Waals surface area contributed by atoms with Gasteiger partial charge < -0.3 is 4.74 Å². The van der Waals surface area contributed by atoms with Crippen molar-refractivity contribution in [1.29, 1.82) is 0 Å². The molecule has 3 heterocycles. The summed E-state index contributed by atoms with van der Waals surface area (Å²) in [6.45, 7) is 4.53. The third-order valence-electron chi connectivity index (χ3n) is 3.71. The van der Waals surface area contributed by atoms with Gasteiger partial charge in [-0.15, -0.1) is 11.3 Å². The fourth-order valence-corrected chi connectivity index (χ4v) is 3.24. The number of rotatable bonds is 7. The molecule has 3 rings (SSSR count). The van der Waals surface area contributed by atoms with Crippen molar-refractivity contribution in [2.75, 3.05) is 6.61 Å². The third kappa shape index (κ3) is 5.04. The first-order valence-corrected chi connectivity index (χ1v) is 9.55. The molecule has 0 saturated heterocycles. The van der Waals surface area contributed by atoms with Gasteiger partial charge in [-0.05, 0) is 31.5 Å². The van der Waals surface area contributed by atoms with Gasteiger partial charge in [0, 0.05) is 24.0 Å². The van der Waals surface area contributed by atoms with Gasteiger partial charge in [-0.1, -0.05) is 19.4 Å². The van der Waals surface area contributed by atoms with Crippen molar-refractivity contribution in [2.24, 2.45) is 4.99 Å². The Kier molecular flexibility index (Phi) is 6.38. The second-order valence-corrected chi connectivity index (χ2v) is 6.84. The summed E-state index contributed by atoms with van der Waals surface area (Å²) in [5.74, 6) is 0.201. The summed E-state index contributed by atoms with van der Waals surface area (Å²) in [5, 5.41) is 0.753. The number of aliphatic imine (C=N–C) groups is 1. The second kappa shape index (κ2) is 9.14. The minimum atomic E-state index is -0.334. The van der Waals surface area contributed by atoms with Crippen LogP contribution >= 0.6 is 11.3 Å². The van der Waals surface area contributed by atoms with Gasteiger partial charge >= 0.3 is 0 Å². The molecule has 3 aromatic rings. The van der Waals surface area contributed by atoms with Crippen LogP contribution in [-0.2, 0) is 0 Å². The van der Waals surface area contributed by atoms with Gasteiger partial charge in [0.2, 0.25) is 5.88 Å². The zero-order valence-corrected chi connectivity index (χ0v) is 16.1. The molecule has 1 amide bonds. The van der Waals surface area contributed by atoms with E-state index in [0.717, 1.165) is 23.4 Å². The molecule has 0 saturated carbocycles. The Morgan fingerprint density at radius 2 is 2.15 bits per heavy atom. The average Bonchev–Trinajstić information content (AvgIpc) is 3.09. The van der Waals surface area contributed by atoms with E-state index < -0.39 is 0 Å². The van der Waals surface area contributed by atoms with Crippen molar-refractivity contribution in [3.8, 4) is 16.5 Å². The van der Waals surface area contributed by atoms with E-state index in [4.69, 9.17) is 4.74 Å². The van der Waals surface area contributed by atoms with Crippen LogP contribution in [0.25, 0.3) is 10.6 Å². The molecular weight excluding hydrogens is 360 g/mol. The molecule has 6 nitrogen and oxygen atoms in total. The molecule has 0 aromatic carbocycles. The summed E-state index contributed by atoms with van der Waals surface area (Å²) in [5.41, 5.74) is 2.12. The predicted molar refractivity (Wildman–Crippen MR) is 107 cm³/mol. The minimum Gasteiger partial charge on any atom is -0.478 e. The van der Waals surface area contributed by atoms with Crippen molar-refractivity contribution in [3.63, 3.8) is 0 Å². The number of amides is 1. The van der Waals surface area contributed by atoms with Crippen LogP contribution in [0.2, 0.25) is 0 Å². The molecule has 0 aliphatic rings. The summed E-state index contributed by atoms with van der Waals surface area (Å²) in [6, 6.07) is 9.16. The van der Waals surface area contributed by atoms with Gasteiger partial charge in [0.05, 0.1) is 24.2 Å². The fourth-order valence-electron chi connectivity index (χ4n) is 2.30. The topological polar surface area (TPSA) is 77.3 Å². The normalized spacial score (nSPS) is 11.0. The number of pyridine rings is 2. The lowest BCUT2D eigenvalue weighted by molar-refractivity contribution is 0.101. The molecule has 0 spiro atoms. The van der Waals surface area contributed by atoms with E-state index in [1.54, 1.807) is 31.5 Å². The summed E-state index contributed by atoms with van der Waals surface area (Å²) >= 11 is 1.31. The van der Waals surface area contributed by atoms with Gasteiger partial charge in [-0.25, -0.2) is 15.0 Å². The van der Waals surface area contributed by atoms with E-state index in [0.29, 0.717) is 28.8 Å². The number of carbonyl (C=O) groups excluding carboxylic acids is 1. The fraction of sp³-hybridized carbons (Fsp3) is 0.250. The first kappa shape index (κ1) is 18.8. The van der Waals surface area contributed by atoms with E-state index in [1.165, 1.54) is 17.6 Å². The number of carbonyl (C=O) groups is 1. The smallest absolute Gasteiger partial charge is 0.289 e. The Hall–Kier alpha value is -2.93. The maximum absolute atomic E-state index is 12.5. The van der Waals surface area contributed by atoms with Crippen LogP contribution in [0.1, 0.15) is 40.8 Å². The van der Waals surface area contributed by atoms with Gasteiger partial charge in [-0.3, -0.25) is 9.78 Å². The highest BCUT2D eigenvalue weighted by atomic mass is 32.1. The molecule has 0 unspecified atom stereocenters. The van der Waals surface area contributed by atoms with Gasteiger partial charge in [0.1, 0.15) is 9.88 Å². The van der Waals surface area contributed by atoms with E-state index in [9.17, 15) is 4.79 Å². The number of thiazole rings is 1. The van der Waals surface area contributed by atoms with Crippen LogP contribution < -0.4 is 4.74 Å². The van der Waals surface area contributed by atoms with E-state index in [1.807, 2.05) is 18.2 Å². The highest BCUT2D eigenvalue weighted by Crippen LogP contribution is 2.27. The Bertz CT molecular complexity index is 938. The lowest BCUT2D eigenvalue weighted by atomic mass is 10.3. The average molecular weight is 380 g/mol. The summed E-state index contributed by atoms with van der Waals surface area (Å²) < 4.78 is 5.58. The number of aryl methyl sites for hydroxylation is 1. The monoisotopic (exact) mass is 380 g/mol. The van der Waals surface area contributed by atoms with E-state index in [-0.39, 0.29) is 5.91 Å². The molecule has 138 valence electrons. The highest BCUT2D eigenvalue weighted by molar-refractivity contribution is 7.17. The number of nitrogens with zero attached hydrogens (tertiary/aromatic N) is 4. The van der Waals surface area contributed by atoms with Crippen LogP contribution in [-0.4, -0.2) is 33.7 Å². The Morgan fingerprint density at radius 3 is 2.93 bits per heavy atom. The lowest BCUT2D eigenvalue weighted by Gasteiger charge is -2.04. The quantitative estimate of drug-likeness (QED) is 0.450. The number of unbranched alkanes of at least 4 members (excludes halogenated alkanes) is 1. The molecule has 0 aliphatic carbocycles. The Morgan fingerprint density at radius 1 is 1.26 bits per heavy atom. The molecular formula is C20H20N4O2S. The Balaban J connectivity index is 1.72. The number of ether oxygens (including phenoxy) is 1. The molecule has 0 fully saturated rings. The van der Waals surface area contributed by atoms with Crippen molar-refractivity contribution >= 4 is 23.5 Å². The number of hydrogen-bond acceptors (Lipinski definition) is 6. The minimum absolute atomic E-state index is 0.334. The van der Waals surface area contributed by atoms with Crippen LogP contribution in [0.15, 0.2) is 47.7 Å². The maximum Gasteiger partial charge on any atom is 0.289 e. The SMILES string of the molecule is CCCCOc1cccc(C=NC(=O)c2sc(-c3cccnc3)nc2C)n1. The third-order valence-corrected chi connectivity index (χ3v) is 4.90. The van der Waals surface area contributed by atoms with E-state index in [2.05, 4.69) is 26.9 Å². The summed E-state index contributed by atoms with van der Waals surface area (Å²) in [7, 11) is 0. The van der Waals surface area contributed by atoms with Crippen LogP contribution in [0.5, 0.6) is 5.88 Å². The van der Waals surface area contributed by atoms with Crippen LogP contribution in [0, 0.1) is 6.92 Å². The molecule has 3 aromatic heterocycles. The standard InChI is InChI=1S/C20H20N4O2S/c1-3-4-11-26-17-9-5-8-16(24-17)13-22-19(25)18-14(2)23-20(27-18)15-7-6-10-21-12-15/h5-10,12-13H,3-4,11H2,1-2H3. The van der Waals surface area contributed by atoms with Crippen LogP contribution in [0.3, 0.4) is 0 Å². The van der Waals surface area contributed by atoms with Crippen molar-refractivity contribution in [2.45, 2.75) is 26.7 Å². The molecule has 0 radical (unpaired) electrons. The number of hydrogen-bond donors (Lipinski definition) is 0. The van der Waals surface area contributed by atoms with Crippen molar-refractivity contribution in [3.05, 3.63) is 59.0 Å². The van der Waals surface area contributed by atoms with Crippen molar-refractivity contribution in [1.82, 2.24) is 15.0 Å². The Labute approximate surface area is 162 Å². The first-order valence-electron chi connectivity index (χ1n) is 8.73. The van der Waals surface area contributed by atoms with Gasteiger partial charge in [0.25, 0.3) is 5.91 Å². The number of aromatic nitrogens is 3. The summed E-state index contributed by atoms with van der Waals surface area (Å²) in [6.07, 6.45) is 6.92. The van der Waals surface area contributed by atoms with Crippen LogP contribution in [0.4, 0.5) is 0 Å². The van der Waals surface area contributed by atoms with E-state index >= 15 is 0 Å². The maximum atomic E-state index is 12.5. The van der Waals surface area contributed by atoms with Gasteiger partial charge in [-0.2, -0.15) is 0 Å². The van der Waals surface area contributed by atoms with Gasteiger partial charge in [0.15, 0.2) is 0 Å². The molecule has 0 atom stereocenters. The zero-order chi connectivity index (χ0) is 19.1. The lowest BCUT2D eigenvalue weighted by Crippen LogP contribution is -2.01. The molecule has 7 heteroatoms. The van der Waals surface area contributed by atoms with Crippen molar-refractivity contribution < 1.29 is 9.53 Å². The first-order chi connectivity index (χ1) is 13.2. The molecule has 0 aliphatic heterocycles. The molecule has 0 N–H and O–H groups in total. The predicted octanol–water partition coefficient (Wildman–Crippen LogP) is 4.35. The zero-order valence-electron chi connectivity index (χ0n) is 15.3. The largest absolute Gasteiger partial charge is 0.478 e.